The van der Waals surface area contributed by atoms with Crippen molar-refractivity contribution in [3.8, 4) is 0 Å². The maximum absolute atomic E-state index is 9.82. The maximum Gasteiger partial charge on any atom is 0.213 e. The Kier molecular flexibility index (Phi) is 2.18. The van der Waals surface area contributed by atoms with E-state index in [0.717, 1.165) is 4.60 Å². The van der Waals surface area contributed by atoms with Crippen molar-refractivity contribution >= 4 is 38.8 Å². The Morgan fingerprint density at radius 3 is 3.11 bits per heavy atom. The molecule has 0 saturated heterocycles. The second-order valence-electron chi connectivity index (χ2n) is 1.24. The van der Waals surface area contributed by atoms with Crippen LogP contribution in [0.4, 0.5) is 5.13 Å². The van der Waals surface area contributed by atoms with Crippen LogP contribution in [0.2, 0.25) is 0 Å². The number of hydrogen-bond acceptors (Lipinski definition) is 3. The van der Waals surface area contributed by atoms with Gasteiger partial charge in [0.1, 0.15) is 4.60 Å². The molecule has 1 amide bonds. The van der Waals surface area contributed by atoms with Crippen LogP contribution in [0.3, 0.4) is 0 Å². The molecule has 0 fully saturated rings. The van der Waals surface area contributed by atoms with E-state index < -0.39 is 0 Å². The van der Waals surface area contributed by atoms with Gasteiger partial charge in [-0.2, -0.15) is 0 Å². The van der Waals surface area contributed by atoms with E-state index in [9.17, 15) is 4.79 Å². The van der Waals surface area contributed by atoms with E-state index in [2.05, 4.69) is 26.2 Å². The van der Waals surface area contributed by atoms with Crippen LogP contribution < -0.4 is 5.32 Å². The summed E-state index contributed by atoms with van der Waals surface area (Å²) in [5.74, 6) is 0. The van der Waals surface area contributed by atoms with Crippen LogP contribution >= 0.6 is 27.3 Å². The summed E-state index contributed by atoms with van der Waals surface area (Å²) < 4.78 is 0.747. The summed E-state index contributed by atoms with van der Waals surface area (Å²) in [6.45, 7) is 0. The predicted octanol–water partition coefficient (Wildman–Crippen LogP) is 1.47. The molecule has 3 nitrogen and oxygen atoms in total. The number of carbonyl (C=O) groups excluding carboxylic acids is 1. The average molecular weight is 207 g/mol. The predicted molar refractivity (Wildman–Crippen MR) is 39.5 cm³/mol. The van der Waals surface area contributed by atoms with Crippen LogP contribution in [0.5, 0.6) is 0 Å². The molecule has 0 aliphatic heterocycles. The standard InChI is InChI=1S/C4H3BrN2OS/c5-3-1-9-4(7-3)6-2-8/h1-2H,(H,6,7,8). The van der Waals surface area contributed by atoms with Crippen molar-refractivity contribution in [3.63, 3.8) is 0 Å². The number of nitrogens with one attached hydrogen (secondary N) is 1. The zero-order chi connectivity index (χ0) is 6.69. The Morgan fingerprint density at radius 2 is 2.67 bits per heavy atom. The number of amides is 1. The second-order valence-corrected chi connectivity index (χ2v) is 2.91. The molecule has 1 rings (SSSR count). The molecule has 0 spiro atoms. The molecular formula is C4H3BrN2OS. The lowest BCUT2D eigenvalue weighted by Gasteiger charge is -1.83. The van der Waals surface area contributed by atoms with Crippen molar-refractivity contribution < 1.29 is 4.79 Å². The Morgan fingerprint density at radius 1 is 1.89 bits per heavy atom. The Bertz CT molecular complexity index is 212. The van der Waals surface area contributed by atoms with Gasteiger partial charge in [0.2, 0.25) is 6.41 Å². The van der Waals surface area contributed by atoms with Crippen molar-refractivity contribution in [3.05, 3.63) is 9.98 Å². The molecule has 0 aromatic carbocycles. The molecule has 48 valence electrons. The normalized spacial score (nSPS) is 9.00. The van der Waals surface area contributed by atoms with Gasteiger partial charge in [0.25, 0.3) is 0 Å². The lowest BCUT2D eigenvalue weighted by molar-refractivity contribution is -0.105. The van der Waals surface area contributed by atoms with Gasteiger partial charge in [-0.1, -0.05) is 0 Å². The zero-order valence-corrected chi connectivity index (χ0v) is 6.70. The number of thiazole rings is 1. The second kappa shape index (κ2) is 2.93. The van der Waals surface area contributed by atoms with E-state index in [1.54, 1.807) is 5.38 Å². The molecule has 0 atom stereocenters. The first-order chi connectivity index (χ1) is 4.33. The van der Waals surface area contributed by atoms with Gasteiger partial charge in [-0.3, -0.25) is 4.79 Å². The number of nitrogens with zero attached hydrogens (tertiary/aromatic N) is 1. The maximum atomic E-state index is 9.82. The molecule has 0 aliphatic carbocycles. The third kappa shape index (κ3) is 1.76. The highest BCUT2D eigenvalue weighted by Gasteiger charge is 1.94. The SMILES string of the molecule is O=CNc1nc(Br)cs1. The highest BCUT2D eigenvalue weighted by atomic mass is 79.9. The summed E-state index contributed by atoms with van der Waals surface area (Å²) in [6.07, 6.45) is 0.602. The summed E-state index contributed by atoms with van der Waals surface area (Å²) in [4.78, 5) is 13.7. The van der Waals surface area contributed by atoms with Gasteiger partial charge < -0.3 is 5.32 Å². The summed E-state index contributed by atoms with van der Waals surface area (Å²) in [7, 11) is 0. The number of hydrogen-bond donors (Lipinski definition) is 1. The van der Waals surface area contributed by atoms with Crippen molar-refractivity contribution in [2.75, 3.05) is 5.32 Å². The fourth-order valence-corrected chi connectivity index (χ4v) is 1.47. The molecule has 1 N–H and O–H groups in total. The van der Waals surface area contributed by atoms with E-state index in [1.165, 1.54) is 11.3 Å². The van der Waals surface area contributed by atoms with Crippen molar-refractivity contribution in [2.24, 2.45) is 0 Å². The zero-order valence-electron chi connectivity index (χ0n) is 4.30. The van der Waals surface area contributed by atoms with Crippen LogP contribution in [0, 0.1) is 0 Å². The Hall–Kier alpha value is -0.420. The summed E-state index contributed by atoms with van der Waals surface area (Å²) in [6, 6.07) is 0. The molecule has 0 bridgehead atoms. The fourth-order valence-electron chi connectivity index (χ4n) is 0.371. The van der Waals surface area contributed by atoms with E-state index >= 15 is 0 Å². The third-order valence-corrected chi connectivity index (χ3v) is 2.14. The van der Waals surface area contributed by atoms with Gasteiger partial charge in [-0.05, 0) is 15.9 Å². The third-order valence-electron chi connectivity index (χ3n) is 0.659. The molecule has 0 saturated carbocycles. The molecule has 1 aromatic rings. The lowest BCUT2D eigenvalue weighted by atomic mass is 11.0. The molecular weight excluding hydrogens is 204 g/mol. The quantitative estimate of drug-likeness (QED) is 0.746. The topological polar surface area (TPSA) is 42.0 Å². The van der Waals surface area contributed by atoms with Crippen LogP contribution in [0.15, 0.2) is 9.98 Å². The van der Waals surface area contributed by atoms with E-state index in [-0.39, 0.29) is 0 Å². The Balaban J connectivity index is 2.72. The van der Waals surface area contributed by atoms with Gasteiger partial charge >= 0.3 is 0 Å². The van der Waals surface area contributed by atoms with Gasteiger partial charge in [-0.15, -0.1) is 11.3 Å². The largest absolute Gasteiger partial charge is 0.305 e. The smallest absolute Gasteiger partial charge is 0.213 e. The monoisotopic (exact) mass is 206 g/mol. The van der Waals surface area contributed by atoms with Crippen LogP contribution in [0.1, 0.15) is 0 Å². The molecule has 0 aliphatic rings. The highest BCUT2D eigenvalue weighted by molar-refractivity contribution is 9.10. The average Bonchev–Trinajstić information content (AvgIpc) is 2.17. The van der Waals surface area contributed by atoms with Crippen molar-refractivity contribution in [1.29, 1.82) is 0 Å². The molecule has 0 radical (unpaired) electrons. The summed E-state index contributed by atoms with van der Waals surface area (Å²) >= 11 is 4.52. The number of aromatic nitrogens is 1. The summed E-state index contributed by atoms with van der Waals surface area (Å²) in [5.41, 5.74) is 0. The number of halogens is 1. The number of anilines is 1. The first kappa shape index (κ1) is 6.70. The first-order valence-electron chi connectivity index (χ1n) is 2.14. The van der Waals surface area contributed by atoms with Crippen LogP contribution in [-0.4, -0.2) is 11.4 Å². The van der Waals surface area contributed by atoms with Gasteiger partial charge in [0, 0.05) is 5.38 Å². The lowest BCUT2D eigenvalue weighted by Crippen LogP contribution is -1.91. The van der Waals surface area contributed by atoms with Gasteiger partial charge in [0.15, 0.2) is 5.13 Å². The Labute approximate surface area is 64.2 Å². The molecule has 9 heavy (non-hydrogen) atoms. The molecule has 1 aromatic heterocycles. The van der Waals surface area contributed by atoms with Crippen molar-refractivity contribution in [1.82, 2.24) is 4.98 Å². The molecule has 5 heteroatoms. The van der Waals surface area contributed by atoms with Crippen LogP contribution in [-0.2, 0) is 4.79 Å². The van der Waals surface area contributed by atoms with E-state index in [0.29, 0.717) is 11.5 Å². The van der Waals surface area contributed by atoms with E-state index in [4.69, 9.17) is 0 Å². The van der Waals surface area contributed by atoms with Crippen LogP contribution in [0.25, 0.3) is 0 Å². The molecule has 1 heterocycles. The minimum absolute atomic E-state index is 0.602. The first-order valence-corrected chi connectivity index (χ1v) is 3.81. The van der Waals surface area contributed by atoms with Gasteiger partial charge in [0.05, 0.1) is 0 Å². The van der Waals surface area contributed by atoms with Crippen molar-refractivity contribution in [2.45, 2.75) is 0 Å². The fraction of sp³-hybridized carbons (Fsp3) is 0. The highest BCUT2D eigenvalue weighted by Crippen LogP contribution is 2.18. The van der Waals surface area contributed by atoms with Gasteiger partial charge in [-0.25, -0.2) is 4.98 Å². The minimum Gasteiger partial charge on any atom is -0.305 e. The van der Waals surface area contributed by atoms with E-state index in [1.807, 2.05) is 0 Å². The number of carbonyl (C=O) groups is 1. The number of rotatable bonds is 2. The summed E-state index contributed by atoms with van der Waals surface area (Å²) in [5, 5.41) is 4.83. The molecule has 0 unspecified atom stereocenters. The minimum atomic E-state index is 0.602.